The Hall–Kier alpha value is -2.97. The lowest BCUT2D eigenvalue weighted by molar-refractivity contribution is 0.181. The van der Waals surface area contributed by atoms with Crippen LogP contribution in [0.5, 0.6) is 0 Å². The van der Waals surface area contributed by atoms with E-state index in [1.807, 2.05) is 29.2 Å². The van der Waals surface area contributed by atoms with E-state index >= 15 is 0 Å². The Bertz CT molecular complexity index is 1340. The lowest BCUT2D eigenvalue weighted by Crippen LogP contribution is -2.13. The van der Waals surface area contributed by atoms with Crippen LogP contribution in [0, 0.1) is 5.92 Å². The molecule has 2 aliphatic rings. The van der Waals surface area contributed by atoms with Crippen LogP contribution in [0.25, 0.3) is 28.5 Å². The molecule has 6 rings (SSSR count). The van der Waals surface area contributed by atoms with Crippen molar-refractivity contribution in [3.05, 3.63) is 52.8 Å². The molecule has 0 saturated carbocycles. The van der Waals surface area contributed by atoms with Crippen LogP contribution in [0.2, 0.25) is 5.02 Å². The maximum absolute atomic E-state index is 6.41. The summed E-state index contributed by atoms with van der Waals surface area (Å²) in [4.78, 5) is 9.33. The van der Waals surface area contributed by atoms with Crippen LogP contribution >= 0.6 is 11.6 Å². The second-order valence-electron chi connectivity index (χ2n) is 9.88. The fourth-order valence-electron chi connectivity index (χ4n) is 4.55. The molecule has 8 nitrogen and oxygen atoms in total. The van der Waals surface area contributed by atoms with Crippen molar-refractivity contribution in [2.75, 3.05) is 13.2 Å². The predicted octanol–water partition coefficient (Wildman–Crippen LogP) is 4.68. The minimum Gasteiger partial charge on any atom is -0.381 e. The first-order valence-electron chi connectivity index (χ1n) is 11.2. The van der Waals surface area contributed by atoms with E-state index in [0.717, 1.165) is 54.4 Å². The molecular weight excluding hydrogens is 440 g/mol. The minimum absolute atomic E-state index is 0.208. The first-order chi connectivity index (χ1) is 15.9. The zero-order valence-corrected chi connectivity index (χ0v) is 19.6. The maximum atomic E-state index is 6.41. The van der Waals surface area contributed by atoms with E-state index in [1.165, 1.54) is 0 Å². The number of hydrogen-bond acceptors (Lipinski definition) is 6. The van der Waals surface area contributed by atoms with E-state index in [2.05, 4.69) is 46.7 Å². The topological polar surface area (TPSA) is 83.8 Å². The van der Waals surface area contributed by atoms with E-state index in [1.54, 1.807) is 0 Å². The third kappa shape index (κ3) is 3.57. The maximum Gasteiger partial charge on any atom is 0.278 e. The first-order valence-corrected chi connectivity index (χ1v) is 11.6. The van der Waals surface area contributed by atoms with Gasteiger partial charge in [-0.25, -0.2) is 4.98 Å². The number of nitrogens with zero attached hydrogens (tertiary/aromatic N) is 6. The number of imidazole rings is 1. The lowest BCUT2D eigenvalue weighted by atomic mass is 9.96. The SMILES string of the molecule is CC(C)(C)c1noc(-c2ncn3c2Cc2cn(CC4CCOC4)nc2-c2cc(Cl)ccc2-3)n1. The van der Waals surface area contributed by atoms with Gasteiger partial charge in [0.1, 0.15) is 6.33 Å². The average Bonchev–Trinajstić information content (AvgIpc) is 3.54. The van der Waals surface area contributed by atoms with Crippen LogP contribution in [0.15, 0.2) is 35.2 Å². The van der Waals surface area contributed by atoms with Gasteiger partial charge in [0.15, 0.2) is 11.5 Å². The van der Waals surface area contributed by atoms with Gasteiger partial charge in [-0.2, -0.15) is 10.1 Å². The fourth-order valence-corrected chi connectivity index (χ4v) is 4.72. The molecule has 1 unspecified atom stereocenters. The molecule has 170 valence electrons. The Balaban J connectivity index is 1.47. The molecule has 1 aromatic carbocycles. The highest BCUT2D eigenvalue weighted by molar-refractivity contribution is 6.31. The normalized spacial score (nSPS) is 17.5. The quantitative estimate of drug-likeness (QED) is 0.385. The third-order valence-corrected chi connectivity index (χ3v) is 6.54. The molecule has 1 saturated heterocycles. The van der Waals surface area contributed by atoms with Gasteiger partial charge in [-0.15, -0.1) is 0 Å². The smallest absolute Gasteiger partial charge is 0.278 e. The van der Waals surface area contributed by atoms with Gasteiger partial charge in [0, 0.05) is 53.3 Å². The Morgan fingerprint density at radius 2 is 2.09 bits per heavy atom. The molecule has 2 aliphatic heterocycles. The number of fused-ring (bicyclic) bond motifs is 5. The molecule has 0 aliphatic carbocycles. The third-order valence-electron chi connectivity index (χ3n) is 6.30. The van der Waals surface area contributed by atoms with Crippen molar-refractivity contribution in [2.24, 2.45) is 5.92 Å². The molecule has 1 fully saturated rings. The van der Waals surface area contributed by atoms with Gasteiger partial charge >= 0.3 is 0 Å². The van der Waals surface area contributed by atoms with Gasteiger partial charge in [-0.3, -0.25) is 4.68 Å². The molecule has 0 spiro atoms. The number of rotatable bonds is 3. The summed E-state index contributed by atoms with van der Waals surface area (Å²) in [5, 5.41) is 9.85. The van der Waals surface area contributed by atoms with Crippen molar-refractivity contribution >= 4 is 11.6 Å². The Morgan fingerprint density at radius 3 is 2.85 bits per heavy atom. The molecule has 4 aromatic rings. The Kier molecular flexibility index (Phi) is 4.71. The molecule has 3 aromatic heterocycles. The summed E-state index contributed by atoms with van der Waals surface area (Å²) >= 11 is 6.41. The summed E-state index contributed by atoms with van der Waals surface area (Å²) in [5.41, 5.74) is 5.52. The van der Waals surface area contributed by atoms with Crippen molar-refractivity contribution in [3.8, 4) is 28.5 Å². The van der Waals surface area contributed by atoms with Gasteiger partial charge in [-0.1, -0.05) is 37.5 Å². The number of benzene rings is 1. The largest absolute Gasteiger partial charge is 0.381 e. The molecule has 0 N–H and O–H groups in total. The average molecular weight is 465 g/mol. The summed E-state index contributed by atoms with van der Waals surface area (Å²) in [6.07, 6.45) is 5.66. The van der Waals surface area contributed by atoms with Crippen molar-refractivity contribution in [1.82, 2.24) is 29.5 Å². The van der Waals surface area contributed by atoms with E-state index < -0.39 is 0 Å². The van der Waals surface area contributed by atoms with E-state index in [-0.39, 0.29) is 5.41 Å². The zero-order chi connectivity index (χ0) is 22.7. The summed E-state index contributed by atoms with van der Waals surface area (Å²) in [6.45, 7) is 8.64. The van der Waals surface area contributed by atoms with E-state index in [9.17, 15) is 0 Å². The molecule has 0 radical (unpaired) electrons. The number of halogens is 1. The summed E-state index contributed by atoms with van der Waals surface area (Å²) in [6, 6.07) is 5.89. The fraction of sp³-hybridized carbons (Fsp3) is 0.417. The molecule has 1 atom stereocenters. The standard InChI is InChI=1S/C24H25ClN6O2/c1-24(2,3)23-27-22(33-29-23)21-19-8-15-11-30(10-14-6-7-32-12-14)28-20(15)17-9-16(25)4-5-18(17)31(19)13-26-21/h4-5,9,11,13-14H,6-8,10,12H2,1-3H3. The lowest BCUT2D eigenvalue weighted by Gasteiger charge is -2.11. The van der Waals surface area contributed by atoms with Crippen LogP contribution in [-0.2, 0) is 23.1 Å². The molecule has 5 heterocycles. The highest BCUT2D eigenvalue weighted by Gasteiger charge is 2.29. The van der Waals surface area contributed by atoms with Gasteiger partial charge in [0.25, 0.3) is 5.89 Å². The summed E-state index contributed by atoms with van der Waals surface area (Å²) < 4.78 is 15.3. The Morgan fingerprint density at radius 1 is 1.21 bits per heavy atom. The van der Waals surface area contributed by atoms with E-state index in [4.69, 9.17) is 26.0 Å². The predicted molar refractivity (Wildman–Crippen MR) is 124 cm³/mol. The van der Waals surface area contributed by atoms with Gasteiger partial charge < -0.3 is 13.8 Å². The van der Waals surface area contributed by atoms with Crippen LogP contribution in [0.4, 0.5) is 0 Å². The summed E-state index contributed by atoms with van der Waals surface area (Å²) in [7, 11) is 0. The number of hydrogen-bond donors (Lipinski definition) is 0. The van der Waals surface area contributed by atoms with Crippen LogP contribution in [-0.4, -0.2) is 42.7 Å². The van der Waals surface area contributed by atoms with E-state index in [0.29, 0.717) is 34.8 Å². The van der Waals surface area contributed by atoms with Crippen molar-refractivity contribution in [2.45, 2.75) is 45.6 Å². The monoisotopic (exact) mass is 464 g/mol. The van der Waals surface area contributed by atoms with Crippen LogP contribution < -0.4 is 0 Å². The van der Waals surface area contributed by atoms with Crippen molar-refractivity contribution in [1.29, 1.82) is 0 Å². The van der Waals surface area contributed by atoms with Crippen molar-refractivity contribution < 1.29 is 9.26 Å². The molecule has 0 amide bonds. The first kappa shape index (κ1) is 20.6. The number of aromatic nitrogens is 6. The van der Waals surface area contributed by atoms with Crippen molar-refractivity contribution in [3.63, 3.8) is 0 Å². The molecule has 9 heteroatoms. The second kappa shape index (κ2) is 7.53. The van der Waals surface area contributed by atoms with Crippen LogP contribution in [0.3, 0.4) is 0 Å². The number of ether oxygens (including phenoxy) is 1. The second-order valence-corrected chi connectivity index (χ2v) is 10.3. The van der Waals surface area contributed by atoms with Gasteiger partial charge in [0.05, 0.1) is 23.7 Å². The minimum atomic E-state index is -0.208. The highest BCUT2D eigenvalue weighted by atomic mass is 35.5. The van der Waals surface area contributed by atoms with Gasteiger partial charge in [0.2, 0.25) is 0 Å². The van der Waals surface area contributed by atoms with Gasteiger partial charge in [-0.05, 0) is 24.6 Å². The molecule has 0 bridgehead atoms. The Labute approximate surface area is 196 Å². The molecule has 33 heavy (non-hydrogen) atoms. The highest BCUT2D eigenvalue weighted by Crippen LogP contribution is 2.39. The summed E-state index contributed by atoms with van der Waals surface area (Å²) in [5.74, 6) is 1.58. The van der Waals surface area contributed by atoms with Crippen LogP contribution in [0.1, 0.15) is 44.3 Å². The molecular formula is C24H25ClN6O2. The zero-order valence-electron chi connectivity index (χ0n) is 18.9.